The van der Waals surface area contributed by atoms with Crippen molar-refractivity contribution in [1.82, 2.24) is 5.32 Å². The van der Waals surface area contributed by atoms with Gasteiger partial charge in [-0.15, -0.1) is 0 Å². The molecule has 0 heterocycles. The third-order valence-corrected chi connectivity index (χ3v) is 2.41. The number of carbonyl (C=O) groups excluding carboxylic acids is 1. The molecule has 1 aromatic carbocycles. The molecule has 0 unspecified atom stereocenters. The van der Waals surface area contributed by atoms with Gasteiger partial charge in [0.1, 0.15) is 0 Å². The number of hydrogen-bond acceptors (Lipinski definition) is 4. The second-order valence-corrected chi connectivity index (χ2v) is 4.00. The van der Waals surface area contributed by atoms with Crippen LogP contribution in [0.3, 0.4) is 0 Å². The number of nitrogens with two attached hydrogens (primary N) is 1. The first-order valence-electron chi connectivity index (χ1n) is 6.02. The number of carbonyl (C=O) groups is 1. The minimum Gasteiger partial charge on any atom is -0.490 e. The first-order chi connectivity index (χ1) is 9.13. The Morgan fingerprint density at radius 3 is 2.84 bits per heavy atom. The molecule has 6 heteroatoms. The standard InChI is InChI=1S/C13H19FN2O3/c1-18-7-5-16-9-10-2-3-12(11(14)8-10)19-6-4-13(15)17/h2-3,8,16H,4-7,9H2,1H3,(H2,15,17). The molecule has 1 aromatic rings. The van der Waals surface area contributed by atoms with Crippen LogP contribution in [0.4, 0.5) is 4.39 Å². The SMILES string of the molecule is COCCNCc1ccc(OCCC(N)=O)c(F)c1. The fourth-order valence-electron chi connectivity index (χ4n) is 1.44. The van der Waals surface area contributed by atoms with Gasteiger partial charge in [0.05, 0.1) is 19.6 Å². The topological polar surface area (TPSA) is 73.6 Å². The summed E-state index contributed by atoms with van der Waals surface area (Å²) in [6, 6.07) is 4.71. The van der Waals surface area contributed by atoms with Crippen molar-refractivity contribution in [2.45, 2.75) is 13.0 Å². The van der Waals surface area contributed by atoms with Crippen LogP contribution >= 0.6 is 0 Å². The van der Waals surface area contributed by atoms with E-state index in [9.17, 15) is 9.18 Å². The Morgan fingerprint density at radius 1 is 1.42 bits per heavy atom. The molecule has 106 valence electrons. The fourth-order valence-corrected chi connectivity index (χ4v) is 1.44. The highest BCUT2D eigenvalue weighted by molar-refractivity contribution is 5.73. The maximum Gasteiger partial charge on any atom is 0.220 e. The monoisotopic (exact) mass is 270 g/mol. The van der Waals surface area contributed by atoms with Gasteiger partial charge in [0.2, 0.25) is 5.91 Å². The van der Waals surface area contributed by atoms with Crippen LogP contribution in [-0.2, 0) is 16.1 Å². The summed E-state index contributed by atoms with van der Waals surface area (Å²) in [6.07, 6.45) is 0.0692. The number of benzene rings is 1. The number of methoxy groups -OCH3 is 1. The summed E-state index contributed by atoms with van der Waals surface area (Å²) >= 11 is 0. The van der Waals surface area contributed by atoms with Crippen LogP contribution in [-0.4, -0.2) is 32.8 Å². The molecule has 3 N–H and O–H groups in total. The number of amides is 1. The number of halogens is 1. The van der Waals surface area contributed by atoms with Crippen molar-refractivity contribution in [2.24, 2.45) is 5.73 Å². The van der Waals surface area contributed by atoms with Crippen LogP contribution in [0, 0.1) is 5.82 Å². The second kappa shape index (κ2) is 8.44. The van der Waals surface area contributed by atoms with Crippen LogP contribution in [0.2, 0.25) is 0 Å². The lowest BCUT2D eigenvalue weighted by atomic mass is 10.2. The molecule has 0 spiro atoms. The maximum absolute atomic E-state index is 13.7. The second-order valence-electron chi connectivity index (χ2n) is 4.00. The molecule has 0 fully saturated rings. The highest BCUT2D eigenvalue weighted by Gasteiger charge is 2.05. The average molecular weight is 270 g/mol. The van der Waals surface area contributed by atoms with Crippen molar-refractivity contribution in [3.8, 4) is 5.75 Å². The van der Waals surface area contributed by atoms with E-state index in [2.05, 4.69) is 5.32 Å². The zero-order chi connectivity index (χ0) is 14.1. The summed E-state index contributed by atoms with van der Waals surface area (Å²) in [5, 5.41) is 3.11. The molecule has 0 saturated heterocycles. The normalized spacial score (nSPS) is 10.4. The number of hydrogen-bond donors (Lipinski definition) is 2. The lowest BCUT2D eigenvalue weighted by Gasteiger charge is -2.08. The molecule has 0 aliphatic carbocycles. The highest BCUT2D eigenvalue weighted by atomic mass is 19.1. The molecule has 0 atom stereocenters. The van der Waals surface area contributed by atoms with Crippen molar-refractivity contribution in [2.75, 3.05) is 26.9 Å². The summed E-state index contributed by atoms with van der Waals surface area (Å²) in [7, 11) is 1.62. The summed E-state index contributed by atoms with van der Waals surface area (Å²) in [6.45, 7) is 1.95. The van der Waals surface area contributed by atoms with Gasteiger partial charge in [0, 0.05) is 20.2 Å². The zero-order valence-electron chi connectivity index (χ0n) is 10.9. The van der Waals surface area contributed by atoms with Crippen molar-refractivity contribution in [1.29, 1.82) is 0 Å². The van der Waals surface area contributed by atoms with Gasteiger partial charge >= 0.3 is 0 Å². The first-order valence-corrected chi connectivity index (χ1v) is 6.02. The molecular weight excluding hydrogens is 251 g/mol. The Balaban J connectivity index is 2.42. The van der Waals surface area contributed by atoms with E-state index in [1.807, 2.05) is 0 Å². The minimum atomic E-state index is -0.473. The van der Waals surface area contributed by atoms with Crippen LogP contribution in [0.15, 0.2) is 18.2 Å². The Hall–Kier alpha value is -1.66. The van der Waals surface area contributed by atoms with Gasteiger partial charge in [0.15, 0.2) is 11.6 Å². The smallest absolute Gasteiger partial charge is 0.220 e. The molecule has 0 bridgehead atoms. The number of nitrogens with one attached hydrogen (secondary N) is 1. The van der Waals surface area contributed by atoms with Gasteiger partial charge in [-0.2, -0.15) is 0 Å². The Morgan fingerprint density at radius 2 is 2.21 bits per heavy atom. The molecule has 0 aromatic heterocycles. The predicted molar refractivity (Wildman–Crippen MR) is 69.3 cm³/mol. The summed E-state index contributed by atoms with van der Waals surface area (Å²) in [4.78, 5) is 10.5. The van der Waals surface area contributed by atoms with E-state index in [1.165, 1.54) is 6.07 Å². The maximum atomic E-state index is 13.7. The molecule has 1 rings (SSSR count). The molecule has 0 radical (unpaired) electrons. The van der Waals surface area contributed by atoms with E-state index in [1.54, 1.807) is 19.2 Å². The van der Waals surface area contributed by atoms with E-state index < -0.39 is 11.7 Å². The zero-order valence-corrected chi connectivity index (χ0v) is 10.9. The first kappa shape index (κ1) is 15.4. The van der Waals surface area contributed by atoms with Crippen LogP contribution < -0.4 is 15.8 Å². The Kier molecular flexibility index (Phi) is 6.84. The number of rotatable bonds is 9. The Labute approximate surface area is 111 Å². The highest BCUT2D eigenvalue weighted by Crippen LogP contribution is 2.18. The van der Waals surface area contributed by atoms with Gasteiger partial charge in [0.25, 0.3) is 0 Å². The summed E-state index contributed by atoms with van der Waals surface area (Å²) in [5.41, 5.74) is 5.78. The lowest BCUT2D eigenvalue weighted by Crippen LogP contribution is -2.18. The fraction of sp³-hybridized carbons (Fsp3) is 0.462. The van der Waals surface area contributed by atoms with Crippen molar-refractivity contribution in [3.05, 3.63) is 29.6 Å². The van der Waals surface area contributed by atoms with E-state index in [-0.39, 0.29) is 18.8 Å². The molecular formula is C13H19FN2O3. The van der Waals surface area contributed by atoms with Crippen LogP contribution in [0.1, 0.15) is 12.0 Å². The quantitative estimate of drug-likeness (QED) is 0.651. The molecule has 0 aliphatic rings. The van der Waals surface area contributed by atoms with Gasteiger partial charge in [-0.25, -0.2) is 4.39 Å². The van der Waals surface area contributed by atoms with E-state index >= 15 is 0 Å². The summed E-state index contributed by atoms with van der Waals surface area (Å²) < 4.78 is 23.7. The van der Waals surface area contributed by atoms with Crippen molar-refractivity contribution in [3.63, 3.8) is 0 Å². The number of ether oxygens (including phenoxy) is 2. The minimum absolute atomic E-state index is 0.0692. The lowest BCUT2D eigenvalue weighted by molar-refractivity contribution is -0.118. The molecule has 19 heavy (non-hydrogen) atoms. The van der Waals surface area contributed by atoms with Crippen LogP contribution in [0.25, 0.3) is 0 Å². The van der Waals surface area contributed by atoms with Gasteiger partial charge in [-0.05, 0) is 17.7 Å². The van der Waals surface area contributed by atoms with Crippen molar-refractivity contribution >= 4 is 5.91 Å². The molecule has 0 aliphatic heterocycles. The van der Waals surface area contributed by atoms with E-state index in [0.717, 1.165) is 5.56 Å². The predicted octanol–water partition coefficient (Wildman–Crippen LogP) is 0.816. The van der Waals surface area contributed by atoms with E-state index in [0.29, 0.717) is 19.7 Å². The largest absolute Gasteiger partial charge is 0.490 e. The van der Waals surface area contributed by atoms with Crippen LogP contribution in [0.5, 0.6) is 5.75 Å². The molecule has 1 amide bonds. The van der Waals surface area contributed by atoms with E-state index in [4.69, 9.17) is 15.2 Å². The average Bonchev–Trinajstić information content (AvgIpc) is 2.37. The Bertz CT molecular complexity index is 413. The van der Waals surface area contributed by atoms with Gasteiger partial charge in [-0.3, -0.25) is 4.79 Å². The number of primary amides is 1. The molecule has 5 nitrogen and oxygen atoms in total. The third-order valence-electron chi connectivity index (χ3n) is 2.41. The molecule has 0 saturated carbocycles. The van der Waals surface area contributed by atoms with Crippen molar-refractivity contribution < 1.29 is 18.7 Å². The van der Waals surface area contributed by atoms with Gasteiger partial charge < -0.3 is 20.5 Å². The summed E-state index contributed by atoms with van der Waals surface area (Å²) in [5.74, 6) is -0.795. The third kappa shape index (κ3) is 6.17. The van der Waals surface area contributed by atoms with Gasteiger partial charge in [-0.1, -0.05) is 6.07 Å².